The molecule has 0 aliphatic carbocycles. The molecule has 5 nitrogen and oxygen atoms in total. The smallest absolute Gasteiger partial charge is 0.487 e. The van der Waals surface area contributed by atoms with Gasteiger partial charge in [-0.25, -0.2) is 0 Å². The van der Waals surface area contributed by atoms with Gasteiger partial charge >= 0.3 is 6.36 Å². The summed E-state index contributed by atoms with van der Waals surface area (Å²) in [4.78, 5) is 18.1. The minimum Gasteiger partial charge on any atom is -0.487 e. The maximum atomic E-state index is 12.8. The van der Waals surface area contributed by atoms with Gasteiger partial charge in [0, 0.05) is 25.0 Å². The number of pyridine rings is 1. The van der Waals surface area contributed by atoms with Crippen molar-refractivity contribution < 1.29 is 27.4 Å². The van der Waals surface area contributed by atoms with Crippen LogP contribution in [0.2, 0.25) is 5.02 Å². The number of nitrogens with zero attached hydrogens (tertiary/aromatic N) is 2. The molecule has 0 spiro atoms. The van der Waals surface area contributed by atoms with Crippen LogP contribution >= 0.6 is 11.6 Å². The summed E-state index contributed by atoms with van der Waals surface area (Å²) in [6.07, 6.45) is -0.851. The molecule has 3 rings (SSSR count). The number of alkyl halides is 3. The minimum atomic E-state index is -4.87. The fraction of sp³-hybridized carbons (Fsp3) is 0.333. The number of benzene rings is 1. The van der Waals surface area contributed by atoms with Crippen molar-refractivity contribution in [3.8, 4) is 11.5 Å². The molecule has 27 heavy (non-hydrogen) atoms. The van der Waals surface area contributed by atoms with E-state index < -0.39 is 18.0 Å². The zero-order valence-corrected chi connectivity index (χ0v) is 14.8. The van der Waals surface area contributed by atoms with E-state index in [0.717, 1.165) is 6.07 Å². The van der Waals surface area contributed by atoms with Gasteiger partial charge in [-0.1, -0.05) is 23.7 Å². The van der Waals surface area contributed by atoms with Crippen LogP contribution in [0, 0.1) is 0 Å². The number of hydrogen-bond donors (Lipinski definition) is 0. The highest BCUT2D eigenvalue weighted by atomic mass is 35.5. The summed E-state index contributed by atoms with van der Waals surface area (Å²) in [6.45, 7) is 0.654. The van der Waals surface area contributed by atoms with Crippen molar-refractivity contribution in [3.63, 3.8) is 0 Å². The van der Waals surface area contributed by atoms with Crippen molar-refractivity contribution in [1.82, 2.24) is 9.88 Å². The first kappa shape index (κ1) is 19.3. The van der Waals surface area contributed by atoms with E-state index >= 15 is 0 Å². The Morgan fingerprint density at radius 2 is 2.00 bits per heavy atom. The molecular weight excluding hydrogens is 385 g/mol. The summed E-state index contributed by atoms with van der Waals surface area (Å²) >= 11 is 6.03. The Kier molecular flexibility index (Phi) is 5.74. The lowest BCUT2D eigenvalue weighted by molar-refractivity contribution is -0.274. The molecule has 9 heteroatoms. The predicted molar refractivity (Wildman–Crippen MR) is 91.9 cm³/mol. The molecule has 0 bridgehead atoms. The summed E-state index contributed by atoms with van der Waals surface area (Å²) in [6, 6.07) is 6.93. The Morgan fingerprint density at radius 3 is 2.74 bits per heavy atom. The van der Waals surface area contributed by atoms with Crippen LogP contribution in [0.4, 0.5) is 13.2 Å². The molecule has 1 aliphatic heterocycles. The van der Waals surface area contributed by atoms with E-state index in [9.17, 15) is 18.0 Å². The van der Waals surface area contributed by atoms with Crippen LogP contribution in [0.1, 0.15) is 23.2 Å². The van der Waals surface area contributed by atoms with E-state index in [4.69, 9.17) is 16.3 Å². The standard InChI is InChI=1S/C18H16ClF3N2O3/c19-14-10-23-8-7-16(14)26-12-4-3-9-24(11-12)17(25)13-5-1-2-6-15(13)27-18(20,21)22/h1-2,5-8,10,12H,3-4,9,11H2. The third kappa shape index (κ3) is 5.03. The van der Waals surface area contributed by atoms with Crippen molar-refractivity contribution in [2.45, 2.75) is 25.3 Å². The number of halogens is 4. The first-order valence-electron chi connectivity index (χ1n) is 8.24. The van der Waals surface area contributed by atoms with Crippen LogP contribution < -0.4 is 9.47 Å². The number of carbonyl (C=O) groups excluding carboxylic acids is 1. The molecule has 1 atom stereocenters. The summed E-state index contributed by atoms with van der Waals surface area (Å²) < 4.78 is 47.6. The lowest BCUT2D eigenvalue weighted by atomic mass is 10.1. The quantitative estimate of drug-likeness (QED) is 0.767. The average molecular weight is 401 g/mol. The van der Waals surface area contributed by atoms with Crippen molar-refractivity contribution in [2.24, 2.45) is 0 Å². The second kappa shape index (κ2) is 8.04. The molecule has 1 fully saturated rings. The zero-order chi connectivity index (χ0) is 19.4. The van der Waals surface area contributed by atoms with Gasteiger partial charge in [0.25, 0.3) is 5.91 Å². The van der Waals surface area contributed by atoms with Crippen LogP contribution in [0.5, 0.6) is 11.5 Å². The fourth-order valence-electron chi connectivity index (χ4n) is 2.88. The van der Waals surface area contributed by atoms with E-state index in [1.54, 1.807) is 6.07 Å². The Morgan fingerprint density at radius 1 is 1.22 bits per heavy atom. The molecule has 1 aliphatic rings. The first-order valence-corrected chi connectivity index (χ1v) is 8.61. The molecule has 1 amide bonds. The van der Waals surface area contributed by atoms with E-state index in [0.29, 0.717) is 30.2 Å². The molecule has 1 aromatic heterocycles. The maximum absolute atomic E-state index is 12.8. The number of likely N-dealkylation sites (tertiary alicyclic amines) is 1. The Hall–Kier alpha value is -2.48. The van der Waals surface area contributed by atoms with Gasteiger partial charge in [0.1, 0.15) is 22.6 Å². The average Bonchev–Trinajstić information content (AvgIpc) is 2.62. The number of piperidine rings is 1. The second-order valence-corrected chi connectivity index (χ2v) is 6.39. The van der Waals surface area contributed by atoms with Crippen molar-refractivity contribution in [2.75, 3.05) is 13.1 Å². The number of rotatable bonds is 4. The van der Waals surface area contributed by atoms with Crippen LogP contribution in [-0.4, -0.2) is 41.3 Å². The predicted octanol–water partition coefficient (Wildman–Crippen LogP) is 4.32. The first-order chi connectivity index (χ1) is 12.8. The molecule has 2 heterocycles. The fourth-order valence-corrected chi connectivity index (χ4v) is 3.05. The van der Waals surface area contributed by atoms with Gasteiger partial charge < -0.3 is 14.4 Å². The second-order valence-electron chi connectivity index (χ2n) is 5.98. The highest BCUT2D eigenvalue weighted by molar-refractivity contribution is 6.31. The minimum absolute atomic E-state index is 0.141. The van der Waals surface area contributed by atoms with Gasteiger partial charge in [0.2, 0.25) is 0 Å². The van der Waals surface area contributed by atoms with Gasteiger partial charge in [-0.3, -0.25) is 9.78 Å². The van der Waals surface area contributed by atoms with E-state index in [-0.39, 0.29) is 18.2 Å². The topological polar surface area (TPSA) is 51.7 Å². The molecule has 1 aromatic carbocycles. The zero-order valence-electron chi connectivity index (χ0n) is 14.1. The van der Waals surface area contributed by atoms with Crippen LogP contribution in [0.25, 0.3) is 0 Å². The Balaban J connectivity index is 1.73. The number of aromatic nitrogens is 1. The molecular formula is C18H16ClF3N2O3. The summed E-state index contributed by atoms with van der Waals surface area (Å²) in [5.41, 5.74) is -0.141. The summed E-state index contributed by atoms with van der Waals surface area (Å²) in [7, 11) is 0. The Bertz CT molecular complexity index is 816. The lowest BCUT2D eigenvalue weighted by Crippen LogP contribution is -2.44. The number of amides is 1. The van der Waals surface area contributed by atoms with Gasteiger partial charge in [-0.2, -0.15) is 0 Å². The van der Waals surface area contributed by atoms with Crippen LogP contribution in [0.15, 0.2) is 42.7 Å². The molecule has 1 unspecified atom stereocenters. The summed E-state index contributed by atoms with van der Waals surface area (Å²) in [5.74, 6) is -0.606. The summed E-state index contributed by atoms with van der Waals surface area (Å²) in [5, 5.41) is 0.352. The third-order valence-corrected chi connectivity index (χ3v) is 4.32. The number of hydrogen-bond acceptors (Lipinski definition) is 4. The third-order valence-electron chi connectivity index (χ3n) is 4.04. The van der Waals surface area contributed by atoms with Gasteiger partial charge in [-0.05, 0) is 25.0 Å². The Labute approximate surface area is 158 Å². The largest absolute Gasteiger partial charge is 0.573 e. The molecule has 0 radical (unpaired) electrons. The molecule has 144 valence electrons. The van der Waals surface area contributed by atoms with Crippen molar-refractivity contribution in [1.29, 1.82) is 0 Å². The number of ether oxygens (including phenoxy) is 2. The van der Waals surface area contributed by atoms with Crippen LogP contribution in [0.3, 0.4) is 0 Å². The molecule has 1 saturated heterocycles. The maximum Gasteiger partial charge on any atom is 0.573 e. The van der Waals surface area contributed by atoms with E-state index in [1.165, 1.54) is 35.5 Å². The molecule has 0 N–H and O–H groups in total. The highest BCUT2D eigenvalue weighted by Crippen LogP contribution is 2.29. The van der Waals surface area contributed by atoms with Gasteiger partial charge in [-0.15, -0.1) is 13.2 Å². The SMILES string of the molecule is O=C(c1ccccc1OC(F)(F)F)N1CCCC(Oc2ccncc2Cl)C1. The monoisotopic (exact) mass is 400 g/mol. The van der Waals surface area contributed by atoms with Crippen LogP contribution in [-0.2, 0) is 0 Å². The van der Waals surface area contributed by atoms with Crippen molar-refractivity contribution >= 4 is 17.5 Å². The lowest BCUT2D eigenvalue weighted by Gasteiger charge is -2.33. The van der Waals surface area contributed by atoms with Gasteiger partial charge in [0.15, 0.2) is 0 Å². The highest BCUT2D eigenvalue weighted by Gasteiger charge is 2.34. The van der Waals surface area contributed by atoms with E-state index in [1.807, 2.05) is 0 Å². The van der Waals surface area contributed by atoms with Gasteiger partial charge in [0.05, 0.1) is 12.1 Å². The molecule has 2 aromatic rings. The number of para-hydroxylation sites is 1. The van der Waals surface area contributed by atoms with E-state index in [2.05, 4.69) is 9.72 Å². The van der Waals surface area contributed by atoms with Crippen molar-refractivity contribution in [3.05, 3.63) is 53.3 Å². The number of carbonyl (C=O) groups is 1. The molecule has 0 saturated carbocycles. The normalized spacial score (nSPS) is 17.5.